The molecule has 2 atom stereocenters. The number of para-hydroxylation sites is 2. The molecule has 2 unspecified atom stereocenters. The van der Waals surface area contributed by atoms with Crippen molar-refractivity contribution in [3.63, 3.8) is 0 Å². The second kappa shape index (κ2) is 10.5. The summed E-state index contributed by atoms with van der Waals surface area (Å²) in [5, 5.41) is 0.633. The largest absolute Gasteiger partial charge is 0.330 e. The molecular formula is C30H34ClN3O2. The Labute approximate surface area is 218 Å². The molecule has 1 aliphatic heterocycles. The molecule has 0 N–H and O–H groups in total. The standard InChI is InChI=1S/C30H34ClN3O2/c1-3-5-10-21(4-2)30(36)33(24-16-17-24)20-28(35)34-26-14-7-6-13-25(26)32-18-9-15-27(32)29(34)22-11-8-12-23(31)19-22/h6-9,11-15,18-19,21,24,29H,3-5,10,16-17,20H2,1-2H3. The summed E-state index contributed by atoms with van der Waals surface area (Å²) in [6.07, 6.45) is 7.77. The fourth-order valence-electron chi connectivity index (χ4n) is 5.44. The number of fused-ring (bicyclic) bond motifs is 3. The predicted molar refractivity (Wildman–Crippen MR) is 145 cm³/mol. The molecule has 0 spiro atoms. The van der Waals surface area contributed by atoms with Crippen LogP contribution in [0.25, 0.3) is 5.69 Å². The molecule has 2 aliphatic rings. The van der Waals surface area contributed by atoms with E-state index in [0.29, 0.717) is 5.02 Å². The Morgan fingerprint density at radius 3 is 2.50 bits per heavy atom. The van der Waals surface area contributed by atoms with Gasteiger partial charge in [-0.3, -0.25) is 14.5 Å². The highest BCUT2D eigenvalue weighted by Gasteiger charge is 2.41. The molecule has 3 aromatic rings. The Morgan fingerprint density at radius 2 is 1.81 bits per heavy atom. The van der Waals surface area contributed by atoms with E-state index in [4.69, 9.17) is 11.6 Å². The fourth-order valence-corrected chi connectivity index (χ4v) is 5.64. The fraction of sp³-hybridized carbons (Fsp3) is 0.400. The number of hydrogen-bond acceptors (Lipinski definition) is 2. The monoisotopic (exact) mass is 503 g/mol. The summed E-state index contributed by atoms with van der Waals surface area (Å²) in [4.78, 5) is 31.6. The first-order chi connectivity index (χ1) is 17.5. The second-order valence-electron chi connectivity index (χ2n) is 9.96. The third kappa shape index (κ3) is 4.69. The number of halogens is 1. The Balaban J connectivity index is 1.53. The summed E-state index contributed by atoms with van der Waals surface area (Å²) in [6.45, 7) is 4.33. The average Bonchev–Trinajstić information content (AvgIpc) is 3.61. The third-order valence-corrected chi connectivity index (χ3v) is 7.71. The average molecular weight is 504 g/mol. The van der Waals surface area contributed by atoms with Crippen molar-refractivity contribution in [1.82, 2.24) is 9.47 Å². The molecule has 1 fully saturated rings. The van der Waals surface area contributed by atoms with Gasteiger partial charge in [-0.1, -0.05) is 62.6 Å². The lowest BCUT2D eigenvalue weighted by atomic mass is 9.96. The maximum atomic E-state index is 14.2. The van der Waals surface area contributed by atoms with Gasteiger partial charge in [-0.25, -0.2) is 0 Å². The number of amides is 2. The number of carbonyl (C=O) groups is 2. The van der Waals surface area contributed by atoms with Gasteiger partial charge in [0.25, 0.3) is 0 Å². The van der Waals surface area contributed by atoms with Crippen LogP contribution >= 0.6 is 11.6 Å². The molecule has 5 rings (SSSR count). The van der Waals surface area contributed by atoms with Gasteiger partial charge >= 0.3 is 0 Å². The van der Waals surface area contributed by atoms with Gasteiger partial charge in [-0.05, 0) is 67.6 Å². The molecule has 188 valence electrons. The van der Waals surface area contributed by atoms with Crippen molar-refractivity contribution >= 4 is 29.1 Å². The highest BCUT2D eigenvalue weighted by Crippen LogP contribution is 2.43. The number of rotatable bonds is 9. The van der Waals surface area contributed by atoms with E-state index in [0.717, 1.165) is 61.2 Å². The van der Waals surface area contributed by atoms with E-state index >= 15 is 0 Å². The minimum Gasteiger partial charge on any atom is -0.330 e. The molecule has 2 aromatic carbocycles. The van der Waals surface area contributed by atoms with Crippen molar-refractivity contribution in [2.45, 2.75) is 64.5 Å². The second-order valence-corrected chi connectivity index (χ2v) is 10.4. The Kier molecular flexibility index (Phi) is 7.20. The quantitative estimate of drug-likeness (QED) is 0.323. The maximum absolute atomic E-state index is 14.2. The van der Waals surface area contributed by atoms with Crippen molar-refractivity contribution in [3.8, 4) is 5.69 Å². The molecule has 36 heavy (non-hydrogen) atoms. The van der Waals surface area contributed by atoms with Crippen LogP contribution in [0.15, 0.2) is 66.9 Å². The van der Waals surface area contributed by atoms with Crippen molar-refractivity contribution in [2.24, 2.45) is 5.92 Å². The van der Waals surface area contributed by atoms with Gasteiger partial charge in [-0.2, -0.15) is 0 Å². The van der Waals surface area contributed by atoms with E-state index in [-0.39, 0.29) is 36.4 Å². The molecule has 0 bridgehead atoms. The van der Waals surface area contributed by atoms with Gasteiger partial charge in [0, 0.05) is 23.2 Å². The van der Waals surface area contributed by atoms with Crippen LogP contribution in [0.4, 0.5) is 5.69 Å². The van der Waals surface area contributed by atoms with Crippen LogP contribution in [0.3, 0.4) is 0 Å². The van der Waals surface area contributed by atoms with E-state index in [1.165, 1.54) is 0 Å². The normalized spacial score (nSPS) is 17.3. The molecule has 1 aromatic heterocycles. The molecule has 0 radical (unpaired) electrons. The Morgan fingerprint density at radius 1 is 1.03 bits per heavy atom. The number of carbonyl (C=O) groups excluding carboxylic acids is 2. The molecule has 2 heterocycles. The highest BCUT2D eigenvalue weighted by atomic mass is 35.5. The van der Waals surface area contributed by atoms with Crippen molar-refractivity contribution < 1.29 is 9.59 Å². The number of anilines is 1. The molecule has 6 heteroatoms. The summed E-state index contributed by atoms with van der Waals surface area (Å²) in [5.41, 5.74) is 3.76. The summed E-state index contributed by atoms with van der Waals surface area (Å²) < 4.78 is 2.15. The highest BCUT2D eigenvalue weighted by molar-refractivity contribution is 6.30. The van der Waals surface area contributed by atoms with Gasteiger partial charge in [0.1, 0.15) is 12.6 Å². The van der Waals surface area contributed by atoms with E-state index in [9.17, 15) is 9.59 Å². The van der Waals surface area contributed by atoms with E-state index in [2.05, 4.69) is 24.5 Å². The lowest BCUT2D eigenvalue weighted by Crippen LogP contribution is -2.48. The number of aromatic nitrogens is 1. The molecule has 1 saturated carbocycles. The van der Waals surface area contributed by atoms with Crippen molar-refractivity contribution in [2.75, 3.05) is 11.4 Å². The van der Waals surface area contributed by atoms with E-state index in [1.54, 1.807) is 0 Å². The minimum absolute atomic E-state index is 0.0204. The van der Waals surface area contributed by atoms with Gasteiger partial charge < -0.3 is 9.47 Å². The van der Waals surface area contributed by atoms with Crippen molar-refractivity contribution in [3.05, 3.63) is 83.1 Å². The summed E-state index contributed by atoms with van der Waals surface area (Å²) in [5.74, 6) is 0.0493. The van der Waals surface area contributed by atoms with Gasteiger partial charge in [0.15, 0.2) is 0 Å². The first kappa shape index (κ1) is 24.6. The van der Waals surface area contributed by atoms with Gasteiger partial charge in [0.2, 0.25) is 11.8 Å². The summed E-state index contributed by atoms with van der Waals surface area (Å²) in [6, 6.07) is 19.6. The molecule has 1 aliphatic carbocycles. The lowest BCUT2D eigenvalue weighted by Gasteiger charge is -2.40. The first-order valence-electron chi connectivity index (χ1n) is 13.2. The topological polar surface area (TPSA) is 45.6 Å². The SMILES string of the molecule is CCCCC(CC)C(=O)N(CC(=O)N1c2ccccc2-n2cccc2C1c1cccc(Cl)c1)C1CC1. The number of nitrogens with zero attached hydrogens (tertiary/aromatic N) is 3. The Bertz CT molecular complexity index is 1250. The molecule has 5 nitrogen and oxygen atoms in total. The predicted octanol–water partition coefficient (Wildman–Crippen LogP) is 6.77. The number of unbranched alkanes of at least 4 members (excludes halogenated alkanes) is 1. The van der Waals surface area contributed by atoms with Crippen LogP contribution in [-0.4, -0.2) is 33.9 Å². The number of benzene rings is 2. The van der Waals surface area contributed by atoms with Gasteiger partial charge in [-0.15, -0.1) is 0 Å². The van der Waals surface area contributed by atoms with Crippen molar-refractivity contribution in [1.29, 1.82) is 0 Å². The summed E-state index contributed by atoms with van der Waals surface area (Å²) in [7, 11) is 0. The van der Waals surface area contributed by atoms with Crippen LogP contribution in [0.5, 0.6) is 0 Å². The van der Waals surface area contributed by atoms with Crippen LogP contribution in [0, 0.1) is 5.92 Å². The van der Waals surface area contributed by atoms with Crippen LogP contribution < -0.4 is 4.90 Å². The Hall–Kier alpha value is -3.05. The molecule has 2 amide bonds. The molecule has 0 saturated heterocycles. The maximum Gasteiger partial charge on any atom is 0.247 e. The van der Waals surface area contributed by atoms with Crippen LogP contribution in [0.1, 0.15) is 69.7 Å². The minimum atomic E-state index is -0.334. The van der Waals surface area contributed by atoms with Gasteiger partial charge in [0.05, 0.1) is 17.1 Å². The lowest BCUT2D eigenvalue weighted by molar-refractivity contribution is -0.139. The zero-order chi connectivity index (χ0) is 25.2. The first-order valence-corrected chi connectivity index (χ1v) is 13.6. The van der Waals surface area contributed by atoms with Crippen LogP contribution in [-0.2, 0) is 9.59 Å². The summed E-state index contributed by atoms with van der Waals surface area (Å²) >= 11 is 6.40. The van der Waals surface area contributed by atoms with E-state index < -0.39 is 0 Å². The number of hydrogen-bond donors (Lipinski definition) is 0. The molecular weight excluding hydrogens is 470 g/mol. The third-order valence-electron chi connectivity index (χ3n) is 7.48. The zero-order valence-electron chi connectivity index (χ0n) is 21.1. The van der Waals surface area contributed by atoms with E-state index in [1.807, 2.05) is 70.6 Å². The smallest absolute Gasteiger partial charge is 0.247 e. The van der Waals surface area contributed by atoms with Crippen LogP contribution in [0.2, 0.25) is 5.02 Å². The zero-order valence-corrected chi connectivity index (χ0v) is 21.8.